The van der Waals surface area contributed by atoms with Crippen molar-refractivity contribution in [1.82, 2.24) is 5.32 Å². The van der Waals surface area contributed by atoms with Crippen LogP contribution in [-0.2, 0) is 4.79 Å². The molecular weight excluding hydrogens is 284 g/mol. The highest BCUT2D eigenvalue weighted by atomic mass is 32.2. The number of benzene rings is 1. The second-order valence-corrected chi connectivity index (χ2v) is 6.96. The minimum Gasteiger partial charge on any atom is -0.368 e. The average Bonchev–Trinajstić information content (AvgIpc) is 2.93. The first-order valence-corrected chi connectivity index (χ1v) is 8.23. The lowest BCUT2D eigenvalue weighted by Gasteiger charge is -2.16. The monoisotopic (exact) mass is 306 g/mol. The van der Waals surface area contributed by atoms with E-state index in [1.54, 1.807) is 18.7 Å². The van der Waals surface area contributed by atoms with Crippen LogP contribution in [-0.4, -0.2) is 23.1 Å². The molecule has 1 saturated carbocycles. The number of aryl methyl sites for hydroxylation is 1. The van der Waals surface area contributed by atoms with Crippen LogP contribution in [0, 0.1) is 6.92 Å². The summed E-state index contributed by atoms with van der Waals surface area (Å²) in [5.41, 5.74) is 6.87. The molecule has 0 spiro atoms. The van der Waals surface area contributed by atoms with Gasteiger partial charge in [-0.1, -0.05) is 24.5 Å². The molecule has 2 amide bonds. The zero-order valence-electron chi connectivity index (χ0n) is 12.5. The molecule has 21 heavy (non-hydrogen) atoms. The highest BCUT2D eigenvalue weighted by molar-refractivity contribution is 8.00. The Labute approximate surface area is 129 Å². The average molecular weight is 306 g/mol. The molecule has 1 aromatic rings. The van der Waals surface area contributed by atoms with Crippen molar-refractivity contribution in [3.8, 4) is 0 Å². The SMILES string of the molecule is Cc1ccc(SC2CCCC2)c(C(=O)N[C@@H](C)C(N)=O)c1. The van der Waals surface area contributed by atoms with Crippen molar-refractivity contribution in [1.29, 1.82) is 0 Å². The van der Waals surface area contributed by atoms with Gasteiger partial charge in [0.25, 0.3) is 5.91 Å². The maximum absolute atomic E-state index is 12.4. The molecule has 1 aliphatic rings. The van der Waals surface area contributed by atoms with Crippen LogP contribution in [0.1, 0.15) is 48.5 Å². The summed E-state index contributed by atoms with van der Waals surface area (Å²) in [5.74, 6) is -0.758. The third-order valence-electron chi connectivity index (χ3n) is 3.75. The van der Waals surface area contributed by atoms with E-state index in [1.165, 1.54) is 25.7 Å². The third kappa shape index (κ3) is 4.24. The molecule has 1 aromatic carbocycles. The van der Waals surface area contributed by atoms with Crippen molar-refractivity contribution in [3.05, 3.63) is 29.3 Å². The quantitative estimate of drug-likeness (QED) is 0.878. The lowest BCUT2D eigenvalue weighted by atomic mass is 10.1. The number of amides is 2. The van der Waals surface area contributed by atoms with Crippen LogP contribution >= 0.6 is 11.8 Å². The van der Waals surface area contributed by atoms with E-state index < -0.39 is 11.9 Å². The Hall–Kier alpha value is -1.49. The van der Waals surface area contributed by atoms with Crippen LogP contribution in [0.25, 0.3) is 0 Å². The van der Waals surface area contributed by atoms with Gasteiger partial charge in [0.05, 0.1) is 5.56 Å². The number of hydrogen-bond donors (Lipinski definition) is 2. The Morgan fingerprint density at radius 2 is 2.00 bits per heavy atom. The van der Waals surface area contributed by atoms with E-state index in [2.05, 4.69) is 5.32 Å². The van der Waals surface area contributed by atoms with Crippen molar-refractivity contribution in [2.24, 2.45) is 5.73 Å². The number of carbonyl (C=O) groups is 2. The second kappa shape index (κ2) is 6.98. The van der Waals surface area contributed by atoms with E-state index in [1.807, 2.05) is 25.1 Å². The van der Waals surface area contributed by atoms with Gasteiger partial charge >= 0.3 is 0 Å². The number of nitrogens with one attached hydrogen (secondary N) is 1. The fourth-order valence-corrected chi connectivity index (χ4v) is 3.81. The van der Waals surface area contributed by atoms with Crippen LogP contribution in [0.15, 0.2) is 23.1 Å². The van der Waals surface area contributed by atoms with Crippen molar-refractivity contribution < 1.29 is 9.59 Å². The van der Waals surface area contributed by atoms with E-state index in [0.29, 0.717) is 10.8 Å². The van der Waals surface area contributed by atoms with Gasteiger partial charge in [-0.3, -0.25) is 9.59 Å². The lowest BCUT2D eigenvalue weighted by molar-refractivity contribution is -0.119. The highest BCUT2D eigenvalue weighted by Crippen LogP contribution is 2.36. The van der Waals surface area contributed by atoms with Gasteiger partial charge < -0.3 is 11.1 Å². The minimum absolute atomic E-state index is 0.231. The van der Waals surface area contributed by atoms with E-state index in [-0.39, 0.29) is 5.91 Å². The first-order chi connectivity index (χ1) is 9.97. The number of nitrogens with two attached hydrogens (primary N) is 1. The molecule has 3 N–H and O–H groups in total. The lowest BCUT2D eigenvalue weighted by Crippen LogP contribution is -2.42. The summed E-state index contributed by atoms with van der Waals surface area (Å²) >= 11 is 1.77. The first kappa shape index (κ1) is 15.9. The molecule has 0 aliphatic heterocycles. The van der Waals surface area contributed by atoms with Crippen LogP contribution in [0.2, 0.25) is 0 Å². The molecular formula is C16H22N2O2S. The molecule has 0 bridgehead atoms. The molecule has 1 aliphatic carbocycles. The number of primary amides is 1. The summed E-state index contributed by atoms with van der Waals surface area (Å²) < 4.78 is 0. The molecule has 5 heteroatoms. The van der Waals surface area contributed by atoms with Crippen molar-refractivity contribution in [3.63, 3.8) is 0 Å². The van der Waals surface area contributed by atoms with Crippen LogP contribution in [0.3, 0.4) is 0 Å². The standard InChI is InChI=1S/C16H22N2O2S/c1-10-7-8-14(21-12-5-3-4-6-12)13(9-10)16(20)18-11(2)15(17)19/h7-9,11-12H,3-6H2,1-2H3,(H2,17,19)(H,18,20)/t11-/m0/s1. The normalized spacial score (nSPS) is 16.7. The Morgan fingerprint density at radius 3 is 2.62 bits per heavy atom. The van der Waals surface area contributed by atoms with Crippen LogP contribution in [0.5, 0.6) is 0 Å². The number of carbonyl (C=O) groups excluding carboxylic acids is 2. The van der Waals surface area contributed by atoms with Gasteiger partial charge in [-0.2, -0.15) is 0 Å². The first-order valence-electron chi connectivity index (χ1n) is 7.35. The predicted octanol–water partition coefficient (Wildman–Crippen LogP) is 2.63. The Bertz CT molecular complexity index is 539. The molecule has 4 nitrogen and oxygen atoms in total. The van der Waals surface area contributed by atoms with Gasteiger partial charge in [0.15, 0.2) is 0 Å². The smallest absolute Gasteiger partial charge is 0.253 e. The number of thioether (sulfide) groups is 1. The Balaban J connectivity index is 2.17. The van der Waals surface area contributed by atoms with E-state index in [4.69, 9.17) is 5.73 Å². The molecule has 2 rings (SSSR count). The molecule has 0 heterocycles. The maximum atomic E-state index is 12.4. The maximum Gasteiger partial charge on any atom is 0.253 e. The predicted molar refractivity (Wildman–Crippen MR) is 85.4 cm³/mol. The summed E-state index contributed by atoms with van der Waals surface area (Å²) in [6.45, 7) is 3.55. The zero-order valence-corrected chi connectivity index (χ0v) is 13.3. The Morgan fingerprint density at radius 1 is 1.33 bits per heavy atom. The molecule has 1 atom stereocenters. The highest BCUT2D eigenvalue weighted by Gasteiger charge is 2.21. The second-order valence-electron chi connectivity index (χ2n) is 5.62. The van der Waals surface area contributed by atoms with Gasteiger partial charge in [0, 0.05) is 10.1 Å². The minimum atomic E-state index is -0.664. The summed E-state index contributed by atoms with van der Waals surface area (Å²) in [5, 5.41) is 3.25. The number of rotatable bonds is 5. The van der Waals surface area contributed by atoms with Gasteiger partial charge in [-0.25, -0.2) is 0 Å². The molecule has 1 fully saturated rings. The molecule has 0 aromatic heterocycles. The van der Waals surface area contributed by atoms with Crippen molar-refractivity contribution >= 4 is 23.6 Å². The fraction of sp³-hybridized carbons (Fsp3) is 0.500. The molecule has 0 saturated heterocycles. The van der Waals surface area contributed by atoms with Crippen molar-refractivity contribution in [2.75, 3.05) is 0 Å². The summed E-state index contributed by atoms with van der Waals surface area (Å²) in [6.07, 6.45) is 4.95. The van der Waals surface area contributed by atoms with Crippen molar-refractivity contribution in [2.45, 2.75) is 55.7 Å². The van der Waals surface area contributed by atoms with Gasteiger partial charge in [0.2, 0.25) is 5.91 Å². The summed E-state index contributed by atoms with van der Waals surface area (Å²) in [6, 6.07) is 5.23. The van der Waals surface area contributed by atoms with Gasteiger partial charge in [-0.05, 0) is 38.8 Å². The topological polar surface area (TPSA) is 72.2 Å². The number of hydrogen-bond acceptors (Lipinski definition) is 3. The van der Waals surface area contributed by atoms with Crippen LogP contribution < -0.4 is 11.1 Å². The Kier molecular flexibility index (Phi) is 5.28. The molecule has 0 unspecified atom stereocenters. The van der Waals surface area contributed by atoms with E-state index in [9.17, 15) is 9.59 Å². The largest absolute Gasteiger partial charge is 0.368 e. The summed E-state index contributed by atoms with van der Waals surface area (Å²) in [4.78, 5) is 24.5. The van der Waals surface area contributed by atoms with E-state index in [0.717, 1.165) is 10.5 Å². The van der Waals surface area contributed by atoms with E-state index >= 15 is 0 Å². The molecule has 114 valence electrons. The van der Waals surface area contributed by atoms with Gasteiger partial charge in [-0.15, -0.1) is 11.8 Å². The summed E-state index contributed by atoms with van der Waals surface area (Å²) in [7, 11) is 0. The molecule has 0 radical (unpaired) electrons. The van der Waals surface area contributed by atoms with Gasteiger partial charge in [0.1, 0.15) is 6.04 Å². The fourth-order valence-electron chi connectivity index (χ4n) is 2.46. The zero-order chi connectivity index (χ0) is 15.4. The van der Waals surface area contributed by atoms with Crippen LogP contribution in [0.4, 0.5) is 0 Å². The third-order valence-corrected chi connectivity index (χ3v) is 5.16.